The Morgan fingerprint density at radius 1 is 1.33 bits per heavy atom. The van der Waals surface area contributed by atoms with Crippen molar-refractivity contribution in [1.82, 2.24) is 9.78 Å². The van der Waals surface area contributed by atoms with Gasteiger partial charge in [-0.1, -0.05) is 37.3 Å². The molecule has 18 heavy (non-hydrogen) atoms. The van der Waals surface area contributed by atoms with Crippen LogP contribution >= 0.6 is 15.9 Å². The zero-order chi connectivity index (χ0) is 13.1. The molecule has 1 aromatic carbocycles. The van der Waals surface area contributed by atoms with Gasteiger partial charge in [0.05, 0.1) is 22.0 Å². The molecule has 3 nitrogen and oxygen atoms in total. The Bertz CT molecular complexity index is 522. The number of halogens is 1. The van der Waals surface area contributed by atoms with E-state index in [0.717, 1.165) is 27.8 Å². The third-order valence-electron chi connectivity index (χ3n) is 3.07. The minimum absolute atomic E-state index is 0.498. The maximum atomic E-state index is 10.2. The number of aliphatic hydroxyl groups excluding tert-OH is 1. The van der Waals surface area contributed by atoms with Gasteiger partial charge in [-0.2, -0.15) is 5.10 Å². The van der Waals surface area contributed by atoms with Crippen LogP contribution in [0, 0.1) is 0 Å². The Balaban J connectivity index is 2.22. The molecule has 0 bridgehead atoms. The van der Waals surface area contributed by atoms with Crippen molar-refractivity contribution < 1.29 is 5.11 Å². The standard InChI is InChI=1S/C14H17BrN2O/c1-3-11-14(15)12(17(2)16-11)9-13(18)10-7-5-4-6-8-10/h4-8,13,18H,3,9H2,1-2H3. The largest absolute Gasteiger partial charge is 0.388 e. The van der Waals surface area contributed by atoms with Gasteiger partial charge in [-0.25, -0.2) is 0 Å². The quantitative estimate of drug-likeness (QED) is 0.943. The van der Waals surface area contributed by atoms with Crippen LogP contribution in [-0.2, 0) is 19.9 Å². The molecular weight excluding hydrogens is 292 g/mol. The average Bonchev–Trinajstić information content (AvgIpc) is 2.67. The first-order valence-electron chi connectivity index (χ1n) is 6.06. The number of rotatable bonds is 4. The first kappa shape index (κ1) is 13.3. The minimum atomic E-state index is -0.498. The number of hydrogen-bond acceptors (Lipinski definition) is 2. The summed E-state index contributed by atoms with van der Waals surface area (Å²) in [6, 6.07) is 9.71. The molecule has 0 aliphatic carbocycles. The van der Waals surface area contributed by atoms with E-state index in [-0.39, 0.29) is 0 Å². The summed E-state index contributed by atoms with van der Waals surface area (Å²) in [5, 5.41) is 14.7. The molecule has 0 saturated heterocycles. The number of nitrogens with zero attached hydrogens (tertiary/aromatic N) is 2. The summed E-state index contributed by atoms with van der Waals surface area (Å²) in [6.45, 7) is 2.07. The van der Waals surface area contributed by atoms with E-state index in [1.54, 1.807) is 0 Å². The van der Waals surface area contributed by atoms with Crippen molar-refractivity contribution in [2.24, 2.45) is 7.05 Å². The van der Waals surface area contributed by atoms with Crippen LogP contribution < -0.4 is 0 Å². The van der Waals surface area contributed by atoms with Gasteiger partial charge in [-0.15, -0.1) is 0 Å². The topological polar surface area (TPSA) is 38.0 Å². The summed E-state index contributed by atoms with van der Waals surface area (Å²) >= 11 is 3.57. The highest BCUT2D eigenvalue weighted by molar-refractivity contribution is 9.10. The lowest BCUT2D eigenvalue weighted by atomic mass is 10.0. The summed E-state index contributed by atoms with van der Waals surface area (Å²) in [4.78, 5) is 0. The number of benzene rings is 1. The Morgan fingerprint density at radius 3 is 2.56 bits per heavy atom. The van der Waals surface area contributed by atoms with Crippen molar-refractivity contribution in [1.29, 1.82) is 0 Å². The Kier molecular flexibility index (Phi) is 4.19. The Hall–Kier alpha value is -1.13. The van der Waals surface area contributed by atoms with Gasteiger partial charge in [0.15, 0.2) is 0 Å². The Labute approximate surface area is 116 Å². The Morgan fingerprint density at radius 2 is 2.00 bits per heavy atom. The van der Waals surface area contributed by atoms with E-state index in [2.05, 4.69) is 28.0 Å². The van der Waals surface area contributed by atoms with Gasteiger partial charge in [0.2, 0.25) is 0 Å². The second-order valence-corrected chi connectivity index (χ2v) is 5.11. The van der Waals surface area contributed by atoms with Crippen molar-refractivity contribution in [2.45, 2.75) is 25.9 Å². The van der Waals surface area contributed by atoms with Crippen molar-refractivity contribution in [3.05, 3.63) is 51.8 Å². The highest BCUT2D eigenvalue weighted by Gasteiger charge is 2.17. The summed E-state index contributed by atoms with van der Waals surface area (Å²) in [6.07, 6.45) is 0.951. The van der Waals surface area contributed by atoms with Gasteiger partial charge < -0.3 is 5.11 Å². The fraction of sp³-hybridized carbons (Fsp3) is 0.357. The lowest BCUT2D eigenvalue weighted by Gasteiger charge is -2.11. The van der Waals surface area contributed by atoms with Crippen molar-refractivity contribution in [3.8, 4) is 0 Å². The molecule has 1 atom stereocenters. The van der Waals surface area contributed by atoms with E-state index in [4.69, 9.17) is 0 Å². The van der Waals surface area contributed by atoms with Gasteiger partial charge in [0, 0.05) is 13.5 Å². The highest BCUT2D eigenvalue weighted by atomic mass is 79.9. The van der Waals surface area contributed by atoms with Crippen molar-refractivity contribution in [3.63, 3.8) is 0 Å². The normalized spacial score (nSPS) is 12.7. The van der Waals surface area contributed by atoms with E-state index >= 15 is 0 Å². The zero-order valence-electron chi connectivity index (χ0n) is 10.6. The van der Waals surface area contributed by atoms with Gasteiger partial charge in [-0.3, -0.25) is 4.68 Å². The SMILES string of the molecule is CCc1nn(C)c(CC(O)c2ccccc2)c1Br. The lowest BCUT2D eigenvalue weighted by molar-refractivity contribution is 0.175. The molecule has 0 aliphatic heterocycles. The fourth-order valence-corrected chi connectivity index (χ4v) is 2.80. The maximum Gasteiger partial charge on any atom is 0.0845 e. The number of hydrogen-bond donors (Lipinski definition) is 1. The van der Waals surface area contributed by atoms with E-state index in [1.165, 1.54) is 0 Å². The zero-order valence-corrected chi connectivity index (χ0v) is 12.2. The molecule has 0 fully saturated rings. The molecule has 1 N–H and O–H groups in total. The molecule has 0 amide bonds. The van der Waals surface area contributed by atoms with E-state index < -0.39 is 6.10 Å². The third kappa shape index (κ3) is 2.65. The molecule has 2 rings (SSSR count). The second-order valence-electron chi connectivity index (χ2n) is 4.32. The summed E-state index contributed by atoms with van der Waals surface area (Å²) in [5.41, 5.74) is 3.00. The predicted octanol–water partition coefficient (Wildman–Crippen LogP) is 3.02. The first-order valence-corrected chi connectivity index (χ1v) is 6.86. The number of aromatic nitrogens is 2. The molecule has 1 unspecified atom stereocenters. The summed E-state index contributed by atoms with van der Waals surface area (Å²) in [7, 11) is 1.91. The van der Waals surface area contributed by atoms with Crippen molar-refractivity contribution >= 4 is 15.9 Å². The van der Waals surface area contributed by atoms with Crippen LogP contribution in [0.25, 0.3) is 0 Å². The molecule has 4 heteroatoms. The minimum Gasteiger partial charge on any atom is -0.388 e. The monoisotopic (exact) mass is 308 g/mol. The van der Waals surface area contributed by atoms with E-state index in [9.17, 15) is 5.11 Å². The van der Waals surface area contributed by atoms with Gasteiger partial charge >= 0.3 is 0 Å². The van der Waals surface area contributed by atoms with Gasteiger partial charge in [-0.05, 0) is 27.9 Å². The van der Waals surface area contributed by atoms with Gasteiger partial charge in [0.25, 0.3) is 0 Å². The maximum absolute atomic E-state index is 10.2. The molecule has 96 valence electrons. The molecule has 0 saturated carbocycles. The van der Waals surface area contributed by atoms with Crippen molar-refractivity contribution in [2.75, 3.05) is 0 Å². The molecule has 1 aromatic heterocycles. The molecule has 2 aromatic rings. The van der Waals surface area contributed by atoms with Crippen LogP contribution in [0.5, 0.6) is 0 Å². The van der Waals surface area contributed by atoms with E-state index in [0.29, 0.717) is 6.42 Å². The predicted molar refractivity (Wildman–Crippen MR) is 75.4 cm³/mol. The summed E-state index contributed by atoms with van der Waals surface area (Å²) < 4.78 is 2.86. The molecule has 0 aliphatic rings. The van der Waals surface area contributed by atoms with Crippen LogP contribution in [0.4, 0.5) is 0 Å². The number of aryl methyl sites for hydroxylation is 2. The molecule has 1 heterocycles. The second kappa shape index (κ2) is 5.67. The third-order valence-corrected chi connectivity index (χ3v) is 3.99. The van der Waals surface area contributed by atoms with Crippen LogP contribution in [0.1, 0.15) is 30.0 Å². The molecular formula is C14H17BrN2O. The van der Waals surface area contributed by atoms with Crippen LogP contribution in [0.2, 0.25) is 0 Å². The number of aliphatic hydroxyl groups is 1. The van der Waals surface area contributed by atoms with Crippen LogP contribution in [0.15, 0.2) is 34.8 Å². The van der Waals surface area contributed by atoms with Gasteiger partial charge in [0.1, 0.15) is 0 Å². The molecule has 0 spiro atoms. The fourth-order valence-electron chi connectivity index (χ4n) is 2.02. The average molecular weight is 309 g/mol. The lowest BCUT2D eigenvalue weighted by Crippen LogP contribution is -2.06. The summed E-state index contributed by atoms with van der Waals surface area (Å²) in [5.74, 6) is 0. The smallest absolute Gasteiger partial charge is 0.0845 e. The molecule has 0 radical (unpaired) electrons. The van der Waals surface area contributed by atoms with Crippen LogP contribution in [0.3, 0.4) is 0 Å². The first-order chi connectivity index (χ1) is 8.63. The highest BCUT2D eigenvalue weighted by Crippen LogP contribution is 2.26. The van der Waals surface area contributed by atoms with E-state index in [1.807, 2.05) is 42.1 Å². The van der Waals surface area contributed by atoms with Crippen LogP contribution in [-0.4, -0.2) is 14.9 Å².